The highest BCUT2D eigenvalue weighted by molar-refractivity contribution is 6.33. The summed E-state index contributed by atoms with van der Waals surface area (Å²) in [6.07, 6.45) is 0. The summed E-state index contributed by atoms with van der Waals surface area (Å²) in [6.45, 7) is -0.720. The number of carbonyl (C=O) groups is 2. The Bertz CT molecular complexity index is 750. The number of ketones is 1. The SMILES string of the molecule is Nc1cc(C(=O)OCC(=O)c2cc(F)ccc2F)ccc1Cl. The first-order valence-corrected chi connectivity index (χ1v) is 6.46. The van der Waals surface area contributed by atoms with Gasteiger partial charge in [0.2, 0.25) is 5.78 Å². The van der Waals surface area contributed by atoms with Crippen LogP contribution in [-0.2, 0) is 4.74 Å². The molecule has 114 valence electrons. The lowest BCUT2D eigenvalue weighted by atomic mass is 10.1. The zero-order valence-corrected chi connectivity index (χ0v) is 11.9. The maximum atomic E-state index is 13.4. The van der Waals surface area contributed by atoms with Crippen molar-refractivity contribution in [2.24, 2.45) is 0 Å². The standard InChI is InChI=1S/C15H10ClF2NO3/c16-11-3-1-8(5-13(11)19)15(21)22-7-14(20)10-6-9(17)2-4-12(10)18/h1-6H,7,19H2. The number of halogens is 3. The molecule has 0 saturated heterocycles. The van der Waals surface area contributed by atoms with Gasteiger partial charge in [0.15, 0.2) is 6.61 Å². The number of anilines is 1. The topological polar surface area (TPSA) is 69.4 Å². The first-order valence-electron chi connectivity index (χ1n) is 6.09. The monoisotopic (exact) mass is 325 g/mol. The molecule has 0 aliphatic rings. The van der Waals surface area contributed by atoms with Crippen LogP contribution in [-0.4, -0.2) is 18.4 Å². The van der Waals surface area contributed by atoms with Gasteiger partial charge in [-0.3, -0.25) is 4.79 Å². The van der Waals surface area contributed by atoms with Crippen molar-refractivity contribution in [1.82, 2.24) is 0 Å². The first-order chi connectivity index (χ1) is 10.4. The Balaban J connectivity index is 2.05. The average Bonchev–Trinajstić information content (AvgIpc) is 2.49. The number of esters is 1. The normalized spacial score (nSPS) is 10.3. The fourth-order valence-corrected chi connectivity index (χ4v) is 1.79. The molecular weight excluding hydrogens is 316 g/mol. The van der Waals surface area contributed by atoms with Gasteiger partial charge < -0.3 is 10.5 Å². The molecule has 0 aliphatic heterocycles. The maximum Gasteiger partial charge on any atom is 0.338 e. The number of hydrogen-bond acceptors (Lipinski definition) is 4. The Labute approximate surface area is 129 Å². The molecule has 4 nitrogen and oxygen atoms in total. The third-order valence-electron chi connectivity index (χ3n) is 2.79. The van der Waals surface area contributed by atoms with Crippen molar-refractivity contribution in [3.8, 4) is 0 Å². The van der Waals surface area contributed by atoms with E-state index in [1.54, 1.807) is 0 Å². The molecule has 2 aromatic rings. The molecule has 0 saturated carbocycles. The number of carbonyl (C=O) groups excluding carboxylic acids is 2. The molecule has 0 bridgehead atoms. The van der Waals surface area contributed by atoms with Crippen LogP contribution in [0, 0.1) is 11.6 Å². The third-order valence-corrected chi connectivity index (χ3v) is 3.14. The van der Waals surface area contributed by atoms with Crippen molar-refractivity contribution >= 4 is 29.0 Å². The van der Waals surface area contributed by atoms with Gasteiger partial charge in [0, 0.05) is 0 Å². The van der Waals surface area contributed by atoms with Crippen molar-refractivity contribution in [3.63, 3.8) is 0 Å². The lowest BCUT2D eigenvalue weighted by molar-refractivity contribution is 0.0473. The van der Waals surface area contributed by atoms with E-state index in [-0.39, 0.29) is 16.3 Å². The quantitative estimate of drug-likeness (QED) is 0.532. The van der Waals surface area contributed by atoms with Crippen molar-refractivity contribution in [2.45, 2.75) is 0 Å². The minimum Gasteiger partial charge on any atom is -0.454 e. The van der Waals surface area contributed by atoms with Crippen molar-refractivity contribution in [3.05, 3.63) is 64.2 Å². The summed E-state index contributed by atoms with van der Waals surface area (Å²) in [5.41, 5.74) is 5.33. The van der Waals surface area contributed by atoms with Crippen LogP contribution in [0.3, 0.4) is 0 Å². The van der Waals surface area contributed by atoms with Crippen LogP contribution in [0.15, 0.2) is 36.4 Å². The summed E-state index contributed by atoms with van der Waals surface area (Å²) in [5, 5.41) is 0.273. The van der Waals surface area contributed by atoms with Crippen LogP contribution < -0.4 is 5.73 Å². The summed E-state index contributed by atoms with van der Waals surface area (Å²) >= 11 is 5.72. The lowest BCUT2D eigenvalue weighted by Gasteiger charge is -2.06. The van der Waals surface area contributed by atoms with E-state index in [0.29, 0.717) is 0 Å². The fraction of sp³-hybridized carbons (Fsp3) is 0.0667. The molecule has 0 aromatic heterocycles. The number of benzene rings is 2. The molecule has 0 spiro atoms. The first kappa shape index (κ1) is 15.9. The highest BCUT2D eigenvalue weighted by atomic mass is 35.5. The van der Waals surface area contributed by atoms with Gasteiger partial charge in [0.1, 0.15) is 11.6 Å². The van der Waals surface area contributed by atoms with Gasteiger partial charge in [-0.15, -0.1) is 0 Å². The third kappa shape index (κ3) is 3.59. The Morgan fingerprint density at radius 1 is 1.14 bits per heavy atom. The number of hydrogen-bond donors (Lipinski definition) is 1. The van der Waals surface area contributed by atoms with Crippen LogP contribution in [0.2, 0.25) is 5.02 Å². The van der Waals surface area contributed by atoms with E-state index in [9.17, 15) is 18.4 Å². The van der Waals surface area contributed by atoms with E-state index in [1.165, 1.54) is 18.2 Å². The van der Waals surface area contributed by atoms with Crippen molar-refractivity contribution in [2.75, 3.05) is 12.3 Å². The largest absolute Gasteiger partial charge is 0.454 e. The number of rotatable bonds is 4. The molecule has 0 amide bonds. The Kier molecular flexibility index (Phi) is 4.72. The van der Waals surface area contributed by atoms with E-state index in [1.807, 2.05) is 0 Å². The van der Waals surface area contributed by atoms with Crippen LogP contribution >= 0.6 is 11.6 Å². The number of Topliss-reactive ketones (excluding diaryl/α,β-unsaturated/α-hetero) is 1. The van der Waals surface area contributed by atoms with Gasteiger partial charge in [-0.05, 0) is 36.4 Å². The lowest BCUT2D eigenvalue weighted by Crippen LogP contribution is -2.15. The van der Waals surface area contributed by atoms with E-state index in [4.69, 9.17) is 22.1 Å². The van der Waals surface area contributed by atoms with Gasteiger partial charge >= 0.3 is 5.97 Å². The molecule has 22 heavy (non-hydrogen) atoms. The van der Waals surface area contributed by atoms with Crippen LogP contribution in [0.1, 0.15) is 20.7 Å². The van der Waals surface area contributed by atoms with Gasteiger partial charge in [-0.1, -0.05) is 11.6 Å². The Morgan fingerprint density at radius 3 is 2.55 bits per heavy atom. The minimum absolute atomic E-state index is 0.0921. The molecule has 2 N–H and O–H groups in total. The summed E-state index contributed by atoms with van der Waals surface area (Å²) in [5.74, 6) is -3.33. The van der Waals surface area contributed by atoms with Gasteiger partial charge in [-0.25, -0.2) is 13.6 Å². The maximum absolute atomic E-state index is 13.4. The Hall–Kier alpha value is -2.47. The molecule has 0 radical (unpaired) electrons. The summed E-state index contributed by atoms with van der Waals surface area (Å²) in [4.78, 5) is 23.5. The van der Waals surface area contributed by atoms with Gasteiger partial charge in [0.05, 0.1) is 21.8 Å². The molecule has 0 unspecified atom stereocenters. The van der Waals surface area contributed by atoms with Crippen molar-refractivity contribution < 1.29 is 23.1 Å². The van der Waals surface area contributed by atoms with Gasteiger partial charge in [0.25, 0.3) is 0 Å². The number of ether oxygens (including phenoxy) is 1. The van der Waals surface area contributed by atoms with Crippen LogP contribution in [0.4, 0.5) is 14.5 Å². The fourth-order valence-electron chi connectivity index (χ4n) is 1.67. The molecule has 0 atom stereocenters. The molecule has 0 fully saturated rings. The molecule has 0 heterocycles. The van der Waals surface area contributed by atoms with E-state index >= 15 is 0 Å². The van der Waals surface area contributed by atoms with Crippen LogP contribution in [0.25, 0.3) is 0 Å². The van der Waals surface area contributed by atoms with Gasteiger partial charge in [-0.2, -0.15) is 0 Å². The smallest absolute Gasteiger partial charge is 0.338 e. The Morgan fingerprint density at radius 2 is 1.86 bits per heavy atom. The summed E-state index contributed by atoms with van der Waals surface area (Å²) in [7, 11) is 0. The highest BCUT2D eigenvalue weighted by Gasteiger charge is 2.16. The molecule has 7 heteroatoms. The van der Waals surface area contributed by atoms with E-state index in [2.05, 4.69) is 0 Å². The van der Waals surface area contributed by atoms with E-state index < -0.39 is 35.6 Å². The summed E-state index contributed by atoms with van der Waals surface area (Å²) < 4.78 is 31.2. The number of nitrogen functional groups attached to an aromatic ring is 1. The predicted octanol–water partition coefficient (Wildman–Crippen LogP) is 3.24. The predicted molar refractivity (Wildman–Crippen MR) is 76.8 cm³/mol. The molecule has 2 rings (SSSR count). The van der Waals surface area contributed by atoms with E-state index in [0.717, 1.165) is 18.2 Å². The average molecular weight is 326 g/mol. The summed E-state index contributed by atoms with van der Waals surface area (Å²) in [6, 6.07) is 6.51. The zero-order chi connectivity index (χ0) is 16.3. The second-order valence-electron chi connectivity index (χ2n) is 4.36. The molecule has 2 aromatic carbocycles. The molecule has 0 aliphatic carbocycles. The second kappa shape index (κ2) is 6.53. The van der Waals surface area contributed by atoms with Crippen molar-refractivity contribution in [1.29, 1.82) is 0 Å². The number of nitrogens with two attached hydrogens (primary N) is 1. The second-order valence-corrected chi connectivity index (χ2v) is 4.77. The highest BCUT2D eigenvalue weighted by Crippen LogP contribution is 2.20. The minimum atomic E-state index is -0.891. The van der Waals surface area contributed by atoms with Crippen LogP contribution in [0.5, 0.6) is 0 Å². The molecular formula is C15H10ClF2NO3. The zero-order valence-electron chi connectivity index (χ0n) is 11.1.